The Morgan fingerprint density at radius 3 is 2.50 bits per heavy atom. The monoisotopic (exact) mass is 250 g/mol. The van der Waals surface area contributed by atoms with Crippen molar-refractivity contribution in [1.82, 2.24) is 5.32 Å². The fraction of sp³-hybridized carbons (Fsp3) is 0.385. The lowest BCUT2D eigenvalue weighted by atomic mass is 10.0. The predicted octanol–water partition coefficient (Wildman–Crippen LogP) is 0.667. The number of benzene rings is 1. The lowest BCUT2D eigenvalue weighted by Crippen LogP contribution is -2.29. The molecule has 1 aromatic carbocycles. The fourth-order valence-corrected chi connectivity index (χ4v) is 1.62. The average molecular weight is 250 g/mol. The van der Waals surface area contributed by atoms with Crippen molar-refractivity contribution in [2.75, 3.05) is 0 Å². The van der Waals surface area contributed by atoms with E-state index in [1.807, 2.05) is 12.1 Å². The number of nitrogens with one attached hydrogen (secondary N) is 1. The summed E-state index contributed by atoms with van der Waals surface area (Å²) in [5, 5.41) is 11.5. The van der Waals surface area contributed by atoms with Crippen LogP contribution in [0, 0.1) is 0 Å². The first kappa shape index (κ1) is 14.2. The van der Waals surface area contributed by atoms with Crippen molar-refractivity contribution in [2.24, 2.45) is 5.73 Å². The second-order valence-electron chi connectivity index (χ2n) is 4.30. The number of hydrogen-bond donors (Lipinski definition) is 3. The molecule has 0 aliphatic rings. The van der Waals surface area contributed by atoms with Crippen molar-refractivity contribution in [2.45, 2.75) is 32.4 Å². The van der Waals surface area contributed by atoms with E-state index in [9.17, 15) is 9.59 Å². The molecule has 5 nitrogen and oxygen atoms in total. The van der Waals surface area contributed by atoms with Gasteiger partial charge in [0.15, 0.2) is 0 Å². The summed E-state index contributed by atoms with van der Waals surface area (Å²) in [5.41, 5.74) is 7.05. The average Bonchev–Trinajstić information content (AvgIpc) is 2.26. The number of carboxylic acids is 1. The lowest BCUT2D eigenvalue weighted by molar-refractivity contribution is -0.136. The molecule has 18 heavy (non-hydrogen) atoms. The first-order chi connectivity index (χ1) is 8.49. The second kappa shape index (κ2) is 6.76. The largest absolute Gasteiger partial charge is 0.481 e. The van der Waals surface area contributed by atoms with E-state index < -0.39 is 5.97 Å². The number of nitrogens with two attached hydrogens (primary N) is 1. The van der Waals surface area contributed by atoms with Crippen LogP contribution in [-0.2, 0) is 22.6 Å². The maximum absolute atomic E-state index is 11.5. The van der Waals surface area contributed by atoms with Gasteiger partial charge in [-0.25, -0.2) is 0 Å². The SMILES string of the molecule is CC(N)CC(=O)NCc1ccccc1CC(=O)O. The molecule has 0 bridgehead atoms. The van der Waals surface area contributed by atoms with Gasteiger partial charge >= 0.3 is 5.97 Å². The summed E-state index contributed by atoms with van der Waals surface area (Å²) >= 11 is 0. The Balaban J connectivity index is 2.61. The van der Waals surface area contributed by atoms with Crippen LogP contribution in [0.15, 0.2) is 24.3 Å². The third-order valence-corrected chi connectivity index (χ3v) is 2.44. The van der Waals surface area contributed by atoms with Crippen molar-refractivity contribution in [3.8, 4) is 0 Å². The molecular weight excluding hydrogens is 232 g/mol. The zero-order chi connectivity index (χ0) is 13.5. The number of aliphatic carboxylic acids is 1. The molecule has 0 aromatic heterocycles. The highest BCUT2D eigenvalue weighted by atomic mass is 16.4. The minimum absolute atomic E-state index is 0.0423. The van der Waals surface area contributed by atoms with Crippen molar-refractivity contribution in [3.05, 3.63) is 35.4 Å². The van der Waals surface area contributed by atoms with E-state index >= 15 is 0 Å². The van der Waals surface area contributed by atoms with E-state index in [2.05, 4.69) is 5.32 Å². The Morgan fingerprint density at radius 2 is 1.94 bits per heavy atom. The molecule has 0 fully saturated rings. The topological polar surface area (TPSA) is 92.4 Å². The van der Waals surface area contributed by atoms with Crippen LogP contribution in [0.4, 0.5) is 0 Å². The molecule has 0 aliphatic heterocycles. The number of hydrogen-bond acceptors (Lipinski definition) is 3. The Bertz CT molecular complexity index is 430. The summed E-state index contributed by atoms with van der Waals surface area (Å²) in [4.78, 5) is 22.2. The van der Waals surface area contributed by atoms with Crippen LogP contribution in [0.25, 0.3) is 0 Å². The van der Waals surface area contributed by atoms with E-state index in [0.717, 1.165) is 5.56 Å². The zero-order valence-corrected chi connectivity index (χ0v) is 10.3. The molecule has 5 heteroatoms. The summed E-state index contributed by atoms with van der Waals surface area (Å²) < 4.78 is 0. The first-order valence-corrected chi connectivity index (χ1v) is 5.80. The summed E-state index contributed by atoms with van der Waals surface area (Å²) in [6.45, 7) is 2.09. The molecule has 1 rings (SSSR count). The highest BCUT2D eigenvalue weighted by Gasteiger charge is 2.08. The Hall–Kier alpha value is -1.88. The van der Waals surface area contributed by atoms with Gasteiger partial charge in [-0.05, 0) is 18.1 Å². The van der Waals surface area contributed by atoms with Gasteiger partial charge < -0.3 is 16.2 Å². The van der Waals surface area contributed by atoms with Crippen LogP contribution in [0.5, 0.6) is 0 Å². The number of rotatable bonds is 6. The molecule has 1 amide bonds. The van der Waals surface area contributed by atoms with Crippen molar-refractivity contribution >= 4 is 11.9 Å². The van der Waals surface area contributed by atoms with E-state index in [4.69, 9.17) is 10.8 Å². The van der Waals surface area contributed by atoms with E-state index in [-0.39, 0.29) is 24.8 Å². The van der Waals surface area contributed by atoms with Gasteiger partial charge in [0.05, 0.1) is 6.42 Å². The summed E-state index contributed by atoms with van der Waals surface area (Å²) in [5.74, 6) is -1.01. The molecule has 0 radical (unpaired) electrons. The minimum atomic E-state index is -0.885. The molecule has 0 saturated heterocycles. The fourth-order valence-electron chi connectivity index (χ4n) is 1.62. The van der Waals surface area contributed by atoms with Crippen molar-refractivity contribution < 1.29 is 14.7 Å². The van der Waals surface area contributed by atoms with Gasteiger partial charge in [0.2, 0.25) is 5.91 Å². The molecule has 1 aromatic rings. The molecule has 1 unspecified atom stereocenters. The normalized spacial score (nSPS) is 11.9. The van der Waals surface area contributed by atoms with E-state index in [0.29, 0.717) is 12.1 Å². The van der Waals surface area contributed by atoms with Gasteiger partial charge in [-0.2, -0.15) is 0 Å². The minimum Gasteiger partial charge on any atom is -0.481 e. The van der Waals surface area contributed by atoms with Gasteiger partial charge in [0.25, 0.3) is 0 Å². The molecule has 0 heterocycles. The lowest BCUT2D eigenvalue weighted by Gasteiger charge is -2.10. The van der Waals surface area contributed by atoms with E-state index in [1.54, 1.807) is 19.1 Å². The highest BCUT2D eigenvalue weighted by Crippen LogP contribution is 2.09. The highest BCUT2D eigenvalue weighted by molar-refractivity contribution is 5.76. The second-order valence-corrected chi connectivity index (χ2v) is 4.30. The van der Waals surface area contributed by atoms with Crippen LogP contribution in [-0.4, -0.2) is 23.0 Å². The Kier molecular flexibility index (Phi) is 5.32. The standard InChI is InChI=1S/C13H18N2O3/c1-9(14)6-12(16)15-8-11-5-3-2-4-10(11)7-13(17)18/h2-5,9H,6-8,14H2,1H3,(H,15,16)(H,17,18). The van der Waals surface area contributed by atoms with Crippen molar-refractivity contribution in [1.29, 1.82) is 0 Å². The molecule has 0 spiro atoms. The quantitative estimate of drug-likeness (QED) is 0.691. The molecule has 98 valence electrons. The molecular formula is C13H18N2O3. The molecule has 0 aliphatic carbocycles. The predicted molar refractivity (Wildman–Crippen MR) is 67.9 cm³/mol. The molecule has 0 saturated carbocycles. The van der Waals surface area contributed by atoms with Gasteiger partial charge in [0.1, 0.15) is 0 Å². The third-order valence-electron chi connectivity index (χ3n) is 2.44. The summed E-state index contributed by atoms with van der Waals surface area (Å²) in [6, 6.07) is 6.98. The van der Waals surface area contributed by atoms with Crippen molar-refractivity contribution in [3.63, 3.8) is 0 Å². The Morgan fingerprint density at radius 1 is 1.33 bits per heavy atom. The van der Waals surface area contributed by atoms with Crippen LogP contribution in [0.1, 0.15) is 24.5 Å². The summed E-state index contributed by atoms with van der Waals surface area (Å²) in [7, 11) is 0. The van der Waals surface area contributed by atoms with Crippen LogP contribution < -0.4 is 11.1 Å². The van der Waals surface area contributed by atoms with Gasteiger partial charge in [-0.1, -0.05) is 24.3 Å². The number of amides is 1. The third kappa shape index (κ3) is 4.97. The number of carbonyl (C=O) groups is 2. The van der Waals surface area contributed by atoms with Gasteiger partial charge in [0, 0.05) is 19.0 Å². The van der Waals surface area contributed by atoms with Gasteiger partial charge in [-0.15, -0.1) is 0 Å². The molecule has 4 N–H and O–H groups in total. The maximum Gasteiger partial charge on any atom is 0.307 e. The number of carbonyl (C=O) groups excluding carboxylic acids is 1. The first-order valence-electron chi connectivity index (χ1n) is 5.80. The Labute approximate surface area is 106 Å². The summed E-state index contributed by atoms with van der Waals surface area (Å²) in [6.07, 6.45) is 0.223. The van der Waals surface area contributed by atoms with Gasteiger partial charge in [-0.3, -0.25) is 9.59 Å². The van der Waals surface area contributed by atoms with Crippen LogP contribution in [0.2, 0.25) is 0 Å². The number of carboxylic acid groups (broad SMARTS) is 1. The van der Waals surface area contributed by atoms with E-state index in [1.165, 1.54) is 0 Å². The zero-order valence-electron chi connectivity index (χ0n) is 10.3. The van der Waals surface area contributed by atoms with Crippen LogP contribution in [0.3, 0.4) is 0 Å². The maximum atomic E-state index is 11.5. The molecule has 1 atom stereocenters. The van der Waals surface area contributed by atoms with Crippen LogP contribution >= 0.6 is 0 Å². The smallest absolute Gasteiger partial charge is 0.307 e.